The number of hydrogen-bond donors (Lipinski definition) is 5. The molecule has 3 heterocycles. The summed E-state index contributed by atoms with van der Waals surface area (Å²) in [5.41, 5.74) is 10.8. The van der Waals surface area contributed by atoms with Gasteiger partial charge in [0.25, 0.3) is 0 Å². The summed E-state index contributed by atoms with van der Waals surface area (Å²) in [6, 6.07) is 14.8. The highest BCUT2D eigenvalue weighted by molar-refractivity contribution is 5.81. The molecule has 196 valence electrons. The molecule has 0 bridgehead atoms. The minimum Gasteiger partial charge on any atom is -0.449 e. The Labute approximate surface area is 216 Å². The van der Waals surface area contributed by atoms with Gasteiger partial charge in [-0.25, -0.2) is 19.7 Å². The average molecular weight is 519 g/mol. The number of nitrogens with two attached hydrogens (primary N) is 1. The maximum atomic E-state index is 13.0. The van der Waals surface area contributed by atoms with Crippen molar-refractivity contribution >= 4 is 23.1 Å². The van der Waals surface area contributed by atoms with Crippen LogP contribution in [-0.4, -0.2) is 78.5 Å². The summed E-state index contributed by atoms with van der Waals surface area (Å²) in [5.74, 6) is -0.0111. The Hall–Kier alpha value is -4.10. The highest BCUT2D eigenvalue weighted by atomic mass is 16.6. The van der Waals surface area contributed by atoms with Crippen molar-refractivity contribution < 1.29 is 29.6 Å². The van der Waals surface area contributed by atoms with Crippen LogP contribution in [0.2, 0.25) is 0 Å². The van der Waals surface area contributed by atoms with Crippen LogP contribution in [-0.2, 0) is 9.47 Å². The molecule has 2 aromatic carbocycles. The number of aromatic nitrogens is 4. The largest absolute Gasteiger partial charge is 0.449 e. The molecule has 38 heavy (non-hydrogen) atoms. The number of carbonyl (C=O) groups excluding carboxylic acids is 1. The number of imidazole rings is 1. The van der Waals surface area contributed by atoms with Gasteiger partial charge in [0.05, 0.1) is 12.9 Å². The molecule has 12 nitrogen and oxygen atoms in total. The predicted octanol–water partition coefficient (Wildman–Crippen LogP) is 0.927. The fourth-order valence-corrected chi connectivity index (χ4v) is 5.32. The molecule has 6 rings (SSSR count). The Morgan fingerprint density at radius 3 is 2.39 bits per heavy atom. The number of alkyl carbamates (subject to hydrolysis) is 1. The fourth-order valence-electron chi connectivity index (χ4n) is 5.32. The monoisotopic (exact) mass is 518 g/mol. The molecule has 5 atom stereocenters. The van der Waals surface area contributed by atoms with E-state index in [2.05, 4.69) is 20.3 Å². The Balaban J connectivity index is 1.24. The number of aliphatic hydroxyl groups excluding tert-OH is 3. The smallest absolute Gasteiger partial charge is 0.407 e. The minimum atomic E-state index is -1.50. The van der Waals surface area contributed by atoms with Gasteiger partial charge in [0.15, 0.2) is 17.7 Å². The number of carbonyl (C=O) groups is 1. The van der Waals surface area contributed by atoms with Crippen LogP contribution < -0.4 is 11.1 Å². The maximum absolute atomic E-state index is 13.0. The Bertz CT molecular complexity index is 1450. The van der Waals surface area contributed by atoms with Gasteiger partial charge in [-0.2, -0.15) is 0 Å². The third-order valence-corrected chi connectivity index (χ3v) is 7.19. The van der Waals surface area contributed by atoms with Crippen LogP contribution in [0.25, 0.3) is 22.3 Å². The van der Waals surface area contributed by atoms with Gasteiger partial charge in [0, 0.05) is 5.92 Å². The average Bonchev–Trinajstić information content (AvgIpc) is 3.51. The summed E-state index contributed by atoms with van der Waals surface area (Å²) in [5, 5.41) is 33.8. The number of amides is 1. The van der Waals surface area contributed by atoms with Crippen LogP contribution in [0.15, 0.2) is 61.2 Å². The summed E-state index contributed by atoms with van der Waals surface area (Å²) in [4.78, 5) is 25.4. The Morgan fingerprint density at radius 1 is 1.03 bits per heavy atom. The van der Waals surface area contributed by atoms with Gasteiger partial charge in [0.2, 0.25) is 0 Å². The third-order valence-electron chi connectivity index (χ3n) is 7.19. The second kappa shape index (κ2) is 9.65. The first kappa shape index (κ1) is 24.2. The number of nitrogens with one attached hydrogen (secondary N) is 1. The topological polar surface area (TPSA) is 178 Å². The van der Waals surface area contributed by atoms with Crippen molar-refractivity contribution in [3.8, 4) is 11.1 Å². The Morgan fingerprint density at radius 2 is 1.71 bits per heavy atom. The van der Waals surface area contributed by atoms with Gasteiger partial charge >= 0.3 is 6.09 Å². The minimum absolute atomic E-state index is 0.0633. The summed E-state index contributed by atoms with van der Waals surface area (Å²) in [6.45, 7) is -0.496. The second-order valence-corrected chi connectivity index (χ2v) is 9.31. The molecule has 1 amide bonds. The predicted molar refractivity (Wildman–Crippen MR) is 135 cm³/mol. The van der Waals surface area contributed by atoms with Gasteiger partial charge in [-0.05, 0) is 22.3 Å². The molecule has 1 unspecified atom stereocenters. The first-order valence-corrected chi connectivity index (χ1v) is 12.1. The normalized spacial score (nSPS) is 24.7. The van der Waals surface area contributed by atoms with Gasteiger partial charge in [0.1, 0.15) is 42.8 Å². The van der Waals surface area contributed by atoms with Crippen LogP contribution in [0.3, 0.4) is 0 Å². The number of rotatable bonds is 5. The van der Waals surface area contributed by atoms with Crippen molar-refractivity contribution in [1.82, 2.24) is 24.8 Å². The van der Waals surface area contributed by atoms with Crippen LogP contribution in [0.4, 0.5) is 10.6 Å². The maximum Gasteiger partial charge on any atom is 0.407 e. The van der Waals surface area contributed by atoms with Crippen molar-refractivity contribution in [2.75, 3.05) is 18.9 Å². The second-order valence-electron chi connectivity index (χ2n) is 9.31. The van der Waals surface area contributed by atoms with E-state index in [0.717, 1.165) is 22.3 Å². The van der Waals surface area contributed by atoms with E-state index in [4.69, 9.17) is 15.2 Å². The van der Waals surface area contributed by atoms with E-state index in [9.17, 15) is 20.1 Å². The molecule has 1 saturated heterocycles. The van der Waals surface area contributed by atoms with Crippen molar-refractivity contribution in [2.24, 2.45) is 0 Å². The van der Waals surface area contributed by atoms with Gasteiger partial charge in [-0.3, -0.25) is 4.57 Å². The molecular weight excluding hydrogens is 492 g/mol. The molecule has 6 N–H and O–H groups in total. The molecule has 0 saturated carbocycles. The summed E-state index contributed by atoms with van der Waals surface area (Å²) in [6.07, 6.45) is -3.35. The third kappa shape index (κ3) is 3.94. The first-order valence-electron chi connectivity index (χ1n) is 12.1. The quantitative estimate of drug-likeness (QED) is 0.255. The number of nitrogens with zero attached hydrogens (tertiary/aromatic N) is 4. The van der Waals surface area contributed by atoms with Crippen LogP contribution in [0.5, 0.6) is 0 Å². The van der Waals surface area contributed by atoms with Gasteiger partial charge in [-0.1, -0.05) is 48.5 Å². The van der Waals surface area contributed by atoms with E-state index < -0.39 is 43.3 Å². The zero-order chi connectivity index (χ0) is 26.4. The molecular formula is C26H26N6O6. The van der Waals surface area contributed by atoms with Gasteiger partial charge < -0.3 is 35.8 Å². The van der Waals surface area contributed by atoms with Crippen molar-refractivity contribution in [3.05, 3.63) is 72.3 Å². The summed E-state index contributed by atoms with van der Waals surface area (Å²) in [7, 11) is 0. The fraction of sp³-hybridized carbons (Fsp3) is 0.308. The van der Waals surface area contributed by atoms with E-state index in [-0.39, 0.29) is 18.3 Å². The standard InChI is InChI=1S/C26H26N6O6/c27-23-20-24(29-11-28-23)32(12-30-20)25-19(22(35)21(34)18(9-33)38-25)31-26(36)37-10-17-15-7-3-1-5-13(15)14-6-2-4-8-16(14)17/h1-8,11-12,17-19,21-22,25,33-35H,9-10H2,(H,31,36)(H2,27,28,29)/t18-,19-,21-,22-,25?/m1/s1. The van der Waals surface area contributed by atoms with Crippen molar-refractivity contribution in [3.63, 3.8) is 0 Å². The van der Waals surface area contributed by atoms with Crippen molar-refractivity contribution in [2.45, 2.75) is 36.5 Å². The van der Waals surface area contributed by atoms with Crippen LogP contribution in [0.1, 0.15) is 23.3 Å². The van der Waals surface area contributed by atoms with E-state index in [0.29, 0.717) is 11.2 Å². The van der Waals surface area contributed by atoms with E-state index in [1.165, 1.54) is 17.2 Å². The molecule has 2 aromatic heterocycles. The molecule has 1 aliphatic heterocycles. The van der Waals surface area contributed by atoms with Crippen LogP contribution in [0, 0.1) is 0 Å². The zero-order valence-corrected chi connectivity index (χ0v) is 20.1. The van der Waals surface area contributed by atoms with E-state index >= 15 is 0 Å². The lowest BCUT2D eigenvalue weighted by molar-refractivity contribution is -0.214. The molecule has 1 aliphatic carbocycles. The van der Waals surface area contributed by atoms with E-state index in [1.807, 2.05) is 48.5 Å². The lowest BCUT2D eigenvalue weighted by Crippen LogP contribution is -2.62. The summed E-state index contributed by atoms with van der Waals surface area (Å²) < 4.78 is 13.0. The number of fused-ring (bicyclic) bond motifs is 4. The highest BCUT2D eigenvalue weighted by Crippen LogP contribution is 2.44. The lowest BCUT2D eigenvalue weighted by Gasteiger charge is -2.42. The summed E-state index contributed by atoms with van der Waals surface area (Å²) >= 11 is 0. The molecule has 12 heteroatoms. The first-order chi connectivity index (χ1) is 18.5. The number of nitrogen functional groups attached to an aromatic ring is 1. The number of hydrogen-bond acceptors (Lipinski definition) is 10. The van der Waals surface area contributed by atoms with Crippen LogP contribution >= 0.6 is 0 Å². The molecule has 1 fully saturated rings. The lowest BCUT2D eigenvalue weighted by atomic mass is 9.96. The number of benzene rings is 2. The SMILES string of the molecule is Nc1ncnc2c1ncn2C1O[C@H](CO)[C@@H](O)[C@H](O)[C@H]1NC(=O)OCC1c2ccccc2-c2ccccc21. The van der Waals surface area contributed by atoms with Gasteiger partial charge in [-0.15, -0.1) is 0 Å². The Kier molecular flexibility index (Phi) is 6.16. The number of anilines is 1. The zero-order valence-electron chi connectivity index (χ0n) is 20.1. The molecule has 4 aromatic rings. The molecule has 2 aliphatic rings. The molecule has 0 radical (unpaired) electrons. The number of ether oxygens (including phenoxy) is 2. The van der Waals surface area contributed by atoms with E-state index in [1.54, 1.807) is 0 Å². The number of aliphatic hydroxyl groups is 3. The highest BCUT2D eigenvalue weighted by Gasteiger charge is 2.46. The molecule has 0 spiro atoms. The van der Waals surface area contributed by atoms with Crippen molar-refractivity contribution in [1.29, 1.82) is 0 Å².